The van der Waals surface area contributed by atoms with Gasteiger partial charge in [0.05, 0.1) is 18.5 Å². The lowest BCUT2D eigenvalue weighted by Gasteiger charge is -2.21. The molecule has 3 rings (SSSR count). The van der Waals surface area contributed by atoms with Crippen molar-refractivity contribution in [2.75, 3.05) is 5.75 Å². The first-order valence-corrected chi connectivity index (χ1v) is 8.66. The molecule has 6 heteroatoms. The molecule has 1 amide bonds. The maximum Gasteiger partial charge on any atom is 0.268 e. The summed E-state index contributed by atoms with van der Waals surface area (Å²) >= 11 is 1.67. The van der Waals surface area contributed by atoms with E-state index in [1.165, 1.54) is 10.8 Å². The van der Waals surface area contributed by atoms with E-state index in [0.717, 1.165) is 4.90 Å². The molecule has 2 atom stereocenters. The number of carbonyl (C=O) groups is 1. The number of nitrogens with zero attached hydrogens (tertiary/aromatic N) is 2. The number of fused-ring (bicyclic) bond motifs is 1. The molecular weight excluding hydrogens is 322 g/mol. The highest BCUT2D eigenvalue weighted by Crippen LogP contribution is 2.31. The van der Waals surface area contributed by atoms with E-state index in [1.807, 2.05) is 18.2 Å². The van der Waals surface area contributed by atoms with Gasteiger partial charge in [0.15, 0.2) is 0 Å². The summed E-state index contributed by atoms with van der Waals surface area (Å²) in [6.45, 7) is 1.73. The molecule has 0 aliphatic carbocycles. The Morgan fingerprint density at radius 2 is 2.04 bits per heavy atom. The number of amides is 1. The Hall–Kier alpha value is -2.31. The molecule has 5 nitrogen and oxygen atoms in total. The van der Waals surface area contributed by atoms with Crippen molar-refractivity contribution in [2.45, 2.75) is 24.0 Å². The van der Waals surface area contributed by atoms with Crippen LogP contribution in [0.1, 0.15) is 23.5 Å². The summed E-state index contributed by atoms with van der Waals surface area (Å²) < 4.78 is 1.75. The van der Waals surface area contributed by atoms with Crippen molar-refractivity contribution in [1.82, 2.24) is 9.55 Å². The number of aromatic nitrogens is 2. The van der Waals surface area contributed by atoms with E-state index in [2.05, 4.69) is 29.2 Å². The zero-order valence-corrected chi connectivity index (χ0v) is 14.1. The quantitative estimate of drug-likeness (QED) is 0.676. The van der Waals surface area contributed by atoms with Crippen molar-refractivity contribution in [3.8, 4) is 0 Å². The van der Waals surface area contributed by atoms with E-state index in [-0.39, 0.29) is 11.7 Å². The van der Waals surface area contributed by atoms with Crippen LogP contribution in [0, 0.1) is 0 Å². The van der Waals surface area contributed by atoms with Crippen LogP contribution < -0.4 is 5.73 Å². The lowest BCUT2D eigenvalue weighted by atomic mass is 10.1. The summed E-state index contributed by atoms with van der Waals surface area (Å²) in [6.07, 6.45) is 2.55. The highest BCUT2D eigenvalue weighted by molar-refractivity contribution is 7.99. The topological polar surface area (TPSA) is 81.1 Å². The van der Waals surface area contributed by atoms with E-state index in [1.54, 1.807) is 35.8 Å². The number of nitrogens with two attached hydrogens (primary N) is 1. The minimum atomic E-state index is -0.581. The number of hydrogen-bond donors (Lipinski definition) is 2. The SMILES string of the molecule is CC(O)C(CSc1cccc2ccccc12)n1cnc(C(N)=O)c1. The summed E-state index contributed by atoms with van der Waals surface area (Å²) in [5.74, 6) is 0.0834. The normalized spacial score (nSPS) is 13.8. The van der Waals surface area contributed by atoms with Crippen molar-refractivity contribution >= 4 is 28.4 Å². The molecule has 0 bridgehead atoms. The maximum absolute atomic E-state index is 11.2. The molecule has 3 N–H and O–H groups in total. The Morgan fingerprint density at radius 1 is 1.29 bits per heavy atom. The molecule has 0 aliphatic rings. The standard InChI is InChI=1S/C18H19N3O2S/c1-12(22)16(21-9-15(18(19)23)20-11-21)10-24-17-8-4-6-13-5-2-3-7-14(13)17/h2-9,11-12,16,22H,10H2,1H3,(H2,19,23). The molecule has 0 radical (unpaired) electrons. The van der Waals surface area contributed by atoms with Crippen molar-refractivity contribution in [2.24, 2.45) is 5.73 Å². The summed E-state index contributed by atoms with van der Waals surface area (Å²) in [7, 11) is 0. The number of hydrogen-bond acceptors (Lipinski definition) is 4. The summed E-state index contributed by atoms with van der Waals surface area (Å²) in [4.78, 5) is 16.4. The second-order valence-electron chi connectivity index (χ2n) is 5.67. The first kappa shape index (κ1) is 16.5. The third-order valence-electron chi connectivity index (χ3n) is 3.95. The van der Waals surface area contributed by atoms with Gasteiger partial charge in [-0.25, -0.2) is 4.98 Å². The van der Waals surface area contributed by atoms with Crippen LogP contribution in [0.3, 0.4) is 0 Å². The number of aliphatic hydroxyl groups is 1. The number of imidazole rings is 1. The number of benzene rings is 2. The second kappa shape index (κ2) is 7.07. The smallest absolute Gasteiger partial charge is 0.268 e. The molecule has 24 heavy (non-hydrogen) atoms. The minimum absolute atomic E-state index is 0.199. The molecule has 3 aromatic rings. The fraction of sp³-hybridized carbons (Fsp3) is 0.222. The molecule has 0 saturated heterocycles. The molecule has 124 valence electrons. The van der Waals surface area contributed by atoms with Gasteiger partial charge in [-0.05, 0) is 23.8 Å². The lowest BCUT2D eigenvalue weighted by molar-refractivity contribution is 0.0995. The zero-order valence-electron chi connectivity index (χ0n) is 13.3. The third-order valence-corrected chi connectivity index (χ3v) is 5.13. The van der Waals surface area contributed by atoms with Crippen LogP contribution in [-0.4, -0.2) is 32.4 Å². The van der Waals surface area contributed by atoms with Gasteiger partial charge in [0.1, 0.15) is 5.69 Å². The number of aliphatic hydroxyl groups excluding tert-OH is 1. The van der Waals surface area contributed by atoms with Gasteiger partial charge in [-0.3, -0.25) is 4.79 Å². The first-order chi connectivity index (χ1) is 11.6. The van der Waals surface area contributed by atoms with Crippen LogP contribution in [0.25, 0.3) is 10.8 Å². The van der Waals surface area contributed by atoms with Crippen LogP contribution in [0.4, 0.5) is 0 Å². The van der Waals surface area contributed by atoms with Gasteiger partial charge in [-0.15, -0.1) is 11.8 Å². The summed E-state index contributed by atoms with van der Waals surface area (Å²) in [6, 6.07) is 14.2. The van der Waals surface area contributed by atoms with Crippen molar-refractivity contribution in [1.29, 1.82) is 0 Å². The lowest BCUT2D eigenvalue weighted by Crippen LogP contribution is -2.23. The van der Waals surface area contributed by atoms with Gasteiger partial charge >= 0.3 is 0 Å². The van der Waals surface area contributed by atoms with Gasteiger partial charge < -0.3 is 15.4 Å². The maximum atomic E-state index is 11.2. The van der Waals surface area contributed by atoms with Crippen molar-refractivity contribution in [3.63, 3.8) is 0 Å². The van der Waals surface area contributed by atoms with E-state index >= 15 is 0 Å². The Balaban J connectivity index is 1.82. The van der Waals surface area contributed by atoms with Gasteiger partial charge in [-0.1, -0.05) is 36.4 Å². The molecule has 2 unspecified atom stereocenters. The molecule has 0 fully saturated rings. The Morgan fingerprint density at radius 3 is 2.75 bits per heavy atom. The molecule has 2 aromatic carbocycles. The number of carbonyl (C=O) groups excluding carboxylic acids is 1. The third kappa shape index (κ3) is 3.44. The van der Waals surface area contributed by atoms with Crippen LogP contribution in [-0.2, 0) is 0 Å². The van der Waals surface area contributed by atoms with Crippen LogP contribution in [0.15, 0.2) is 59.9 Å². The fourth-order valence-corrected chi connectivity index (χ4v) is 3.93. The highest BCUT2D eigenvalue weighted by atomic mass is 32.2. The molecule has 0 aliphatic heterocycles. The fourth-order valence-electron chi connectivity index (χ4n) is 2.62. The number of thioether (sulfide) groups is 1. The van der Waals surface area contributed by atoms with Gasteiger partial charge in [0.2, 0.25) is 0 Å². The second-order valence-corrected chi connectivity index (χ2v) is 6.73. The highest BCUT2D eigenvalue weighted by Gasteiger charge is 2.19. The predicted octanol–water partition coefficient (Wildman–Crippen LogP) is 2.85. The minimum Gasteiger partial charge on any atom is -0.391 e. The zero-order chi connectivity index (χ0) is 17.1. The molecule has 0 saturated carbocycles. The summed E-state index contributed by atoms with van der Waals surface area (Å²) in [5.41, 5.74) is 5.45. The molecular formula is C18H19N3O2S. The number of primary amides is 1. The largest absolute Gasteiger partial charge is 0.391 e. The van der Waals surface area contributed by atoms with E-state index in [0.29, 0.717) is 5.75 Å². The van der Waals surface area contributed by atoms with Crippen LogP contribution in [0.2, 0.25) is 0 Å². The van der Waals surface area contributed by atoms with Gasteiger partial charge in [0.25, 0.3) is 5.91 Å². The Labute approximate surface area is 144 Å². The first-order valence-electron chi connectivity index (χ1n) is 7.68. The van der Waals surface area contributed by atoms with Crippen LogP contribution >= 0.6 is 11.8 Å². The predicted molar refractivity (Wildman–Crippen MR) is 96.1 cm³/mol. The average molecular weight is 341 g/mol. The Bertz CT molecular complexity index is 855. The van der Waals surface area contributed by atoms with Crippen molar-refractivity contribution < 1.29 is 9.90 Å². The molecule has 1 aromatic heterocycles. The number of rotatable bonds is 6. The van der Waals surface area contributed by atoms with Gasteiger partial charge in [-0.2, -0.15) is 0 Å². The van der Waals surface area contributed by atoms with Gasteiger partial charge in [0, 0.05) is 16.8 Å². The average Bonchev–Trinajstić information content (AvgIpc) is 3.05. The molecule has 1 heterocycles. The monoisotopic (exact) mass is 341 g/mol. The Kier molecular flexibility index (Phi) is 4.87. The van der Waals surface area contributed by atoms with Crippen molar-refractivity contribution in [3.05, 3.63) is 60.7 Å². The van der Waals surface area contributed by atoms with E-state index < -0.39 is 12.0 Å². The van der Waals surface area contributed by atoms with E-state index in [9.17, 15) is 9.90 Å². The summed E-state index contributed by atoms with van der Waals surface area (Å²) in [5, 5.41) is 12.5. The van der Waals surface area contributed by atoms with Crippen LogP contribution in [0.5, 0.6) is 0 Å². The van der Waals surface area contributed by atoms with E-state index in [4.69, 9.17) is 5.73 Å². The molecule has 0 spiro atoms.